The molecule has 4 heteroatoms. The lowest BCUT2D eigenvalue weighted by molar-refractivity contribution is -0.00520. The molecule has 2 N–H and O–H groups in total. The first-order chi connectivity index (χ1) is 18.6. The Bertz CT molecular complexity index is 1160. The van der Waals surface area contributed by atoms with Crippen LogP contribution >= 0.6 is 0 Å². The van der Waals surface area contributed by atoms with E-state index in [9.17, 15) is 10.2 Å². The van der Waals surface area contributed by atoms with Gasteiger partial charge in [0.15, 0.2) is 11.5 Å². The van der Waals surface area contributed by atoms with E-state index in [1.807, 2.05) is 0 Å². The van der Waals surface area contributed by atoms with Crippen LogP contribution < -0.4 is 9.47 Å². The molecule has 0 atom stereocenters. The molecule has 2 aromatic rings. The molecular formula is C34H44O4. The van der Waals surface area contributed by atoms with Gasteiger partial charge in [-0.25, -0.2) is 0 Å². The highest BCUT2D eigenvalue weighted by molar-refractivity contribution is 5.95. The summed E-state index contributed by atoms with van der Waals surface area (Å²) in [7, 11) is 0. The van der Waals surface area contributed by atoms with Crippen molar-refractivity contribution in [2.75, 3.05) is 26.4 Å². The van der Waals surface area contributed by atoms with E-state index in [0.29, 0.717) is 5.41 Å². The molecule has 8 aliphatic carbocycles. The fourth-order valence-electron chi connectivity index (χ4n) is 11.6. The van der Waals surface area contributed by atoms with Gasteiger partial charge < -0.3 is 19.7 Å². The summed E-state index contributed by atoms with van der Waals surface area (Å²) < 4.78 is 12.5. The second-order valence-electron chi connectivity index (χ2n) is 14.6. The molecule has 0 spiro atoms. The number of hydrogen-bond acceptors (Lipinski definition) is 4. The fraction of sp³-hybridized carbons (Fsp3) is 0.706. The van der Waals surface area contributed by atoms with Gasteiger partial charge in [-0.15, -0.1) is 0 Å². The molecule has 0 saturated heterocycles. The maximum Gasteiger partial charge on any atom is 0.169 e. The minimum atomic E-state index is -0.0215. The molecule has 0 amide bonds. The minimum absolute atomic E-state index is 0.0164. The van der Waals surface area contributed by atoms with Gasteiger partial charge in [-0.3, -0.25) is 0 Å². The zero-order valence-electron chi connectivity index (χ0n) is 22.8. The third-order valence-electron chi connectivity index (χ3n) is 12.0. The summed E-state index contributed by atoms with van der Waals surface area (Å²) in [6.07, 6.45) is 16.6. The van der Waals surface area contributed by atoms with Crippen LogP contribution in [0.3, 0.4) is 0 Å². The number of fused-ring (bicyclic) bond motifs is 1. The summed E-state index contributed by atoms with van der Waals surface area (Å²) in [6, 6.07) is 9.69. The third-order valence-corrected chi connectivity index (χ3v) is 12.0. The van der Waals surface area contributed by atoms with Crippen molar-refractivity contribution >= 4 is 10.8 Å². The molecule has 2 aromatic carbocycles. The van der Waals surface area contributed by atoms with Crippen LogP contribution in [-0.2, 0) is 10.8 Å². The van der Waals surface area contributed by atoms with E-state index in [1.54, 1.807) is 0 Å². The average molecular weight is 517 g/mol. The molecule has 4 nitrogen and oxygen atoms in total. The largest absolute Gasteiger partial charge is 0.487 e. The summed E-state index contributed by atoms with van der Waals surface area (Å²) in [5.74, 6) is 6.85. The van der Waals surface area contributed by atoms with Gasteiger partial charge in [0.05, 0.1) is 13.2 Å². The van der Waals surface area contributed by atoms with E-state index < -0.39 is 0 Å². The van der Waals surface area contributed by atoms with Crippen molar-refractivity contribution in [1.29, 1.82) is 0 Å². The Kier molecular flexibility index (Phi) is 5.61. The van der Waals surface area contributed by atoms with Gasteiger partial charge in [-0.05, 0) is 152 Å². The van der Waals surface area contributed by atoms with Crippen molar-refractivity contribution < 1.29 is 19.7 Å². The fourth-order valence-corrected chi connectivity index (χ4v) is 11.6. The number of rotatable bonds is 8. The van der Waals surface area contributed by atoms with E-state index in [2.05, 4.69) is 24.3 Å². The molecule has 8 saturated carbocycles. The molecule has 10 rings (SSSR count). The molecule has 8 bridgehead atoms. The highest BCUT2D eigenvalue weighted by Crippen LogP contribution is 2.64. The first kappa shape index (κ1) is 24.1. The van der Waals surface area contributed by atoms with Crippen LogP contribution in [0.1, 0.15) is 88.2 Å². The molecular weight excluding hydrogens is 472 g/mol. The molecule has 8 aliphatic rings. The van der Waals surface area contributed by atoms with Gasteiger partial charge in [-0.1, -0.05) is 12.1 Å². The van der Waals surface area contributed by atoms with Crippen LogP contribution in [0, 0.1) is 35.5 Å². The number of benzene rings is 2. The number of aliphatic hydroxyl groups excluding tert-OH is 2. The molecule has 0 radical (unpaired) electrons. The number of aliphatic hydroxyl groups is 2. The quantitative estimate of drug-likeness (QED) is 0.420. The zero-order chi connectivity index (χ0) is 25.5. The molecule has 0 aromatic heterocycles. The van der Waals surface area contributed by atoms with Crippen molar-refractivity contribution in [3.05, 3.63) is 35.4 Å². The zero-order valence-corrected chi connectivity index (χ0v) is 22.8. The van der Waals surface area contributed by atoms with E-state index in [1.165, 1.54) is 98.9 Å². The topological polar surface area (TPSA) is 58.9 Å². The molecule has 0 heterocycles. The lowest BCUT2D eigenvalue weighted by Crippen LogP contribution is -2.48. The van der Waals surface area contributed by atoms with Crippen LogP contribution in [0.5, 0.6) is 11.5 Å². The van der Waals surface area contributed by atoms with Gasteiger partial charge >= 0.3 is 0 Å². The SMILES string of the molecule is OCCOc1cc(C23CC4CC(CC(C4)C2)C3)c2ccc(C34CC5CC(CC(C5)C3)C4)cc2c1OCCO. The Balaban J connectivity index is 1.30. The molecule has 8 fully saturated rings. The summed E-state index contributed by atoms with van der Waals surface area (Å²) in [5.41, 5.74) is 3.53. The van der Waals surface area contributed by atoms with E-state index >= 15 is 0 Å². The van der Waals surface area contributed by atoms with E-state index in [4.69, 9.17) is 9.47 Å². The number of hydrogen-bond donors (Lipinski definition) is 2. The summed E-state index contributed by atoms with van der Waals surface area (Å²) in [6.45, 7) is 0.475. The van der Waals surface area contributed by atoms with Gasteiger partial charge in [0, 0.05) is 5.39 Å². The highest BCUT2D eigenvalue weighted by Gasteiger charge is 2.53. The third kappa shape index (κ3) is 3.69. The van der Waals surface area contributed by atoms with Crippen molar-refractivity contribution in [2.45, 2.75) is 87.9 Å². The van der Waals surface area contributed by atoms with Gasteiger partial charge in [0.2, 0.25) is 0 Å². The maximum atomic E-state index is 9.68. The first-order valence-electron chi connectivity index (χ1n) is 15.7. The van der Waals surface area contributed by atoms with Crippen LogP contribution in [-0.4, -0.2) is 36.6 Å². The Morgan fingerprint density at radius 2 is 1.11 bits per heavy atom. The van der Waals surface area contributed by atoms with Crippen molar-refractivity contribution in [3.63, 3.8) is 0 Å². The summed E-state index contributed by atoms with van der Waals surface area (Å²) in [5, 5.41) is 21.8. The number of ether oxygens (including phenoxy) is 2. The van der Waals surface area contributed by atoms with Crippen LogP contribution in [0.25, 0.3) is 10.8 Å². The van der Waals surface area contributed by atoms with Crippen molar-refractivity contribution in [1.82, 2.24) is 0 Å². The van der Waals surface area contributed by atoms with Crippen LogP contribution in [0.15, 0.2) is 24.3 Å². The minimum Gasteiger partial charge on any atom is -0.487 e. The Morgan fingerprint density at radius 1 is 0.605 bits per heavy atom. The smallest absolute Gasteiger partial charge is 0.169 e. The Labute approximate surface area is 227 Å². The lowest BCUT2D eigenvalue weighted by atomic mass is 9.47. The van der Waals surface area contributed by atoms with E-state index in [-0.39, 0.29) is 31.8 Å². The second kappa shape index (κ2) is 8.86. The normalized spacial score (nSPS) is 40.3. The van der Waals surface area contributed by atoms with Crippen molar-refractivity contribution in [3.8, 4) is 11.5 Å². The summed E-state index contributed by atoms with van der Waals surface area (Å²) >= 11 is 0. The molecule has 38 heavy (non-hydrogen) atoms. The summed E-state index contributed by atoms with van der Waals surface area (Å²) in [4.78, 5) is 0. The molecule has 0 aliphatic heterocycles. The van der Waals surface area contributed by atoms with E-state index in [0.717, 1.165) is 47.0 Å². The lowest BCUT2D eigenvalue weighted by Gasteiger charge is -2.57. The second-order valence-corrected chi connectivity index (χ2v) is 14.6. The highest BCUT2D eigenvalue weighted by atomic mass is 16.5. The first-order valence-corrected chi connectivity index (χ1v) is 15.7. The maximum absolute atomic E-state index is 9.68. The predicted molar refractivity (Wildman–Crippen MR) is 149 cm³/mol. The predicted octanol–water partition coefficient (Wildman–Crippen LogP) is 6.52. The van der Waals surface area contributed by atoms with Crippen LogP contribution in [0.2, 0.25) is 0 Å². The molecule has 204 valence electrons. The molecule has 0 unspecified atom stereocenters. The standard InChI is InChI=1S/C34H44O4/c35-3-5-37-31-14-30(34-18-24-10-25(19-34)12-26(11-24)20-34)28-2-1-27(13-29(28)32(31)38-6-4-36)33-15-21-7-22(16-33)9-23(8-21)17-33/h1-2,13-14,21-26,35-36H,3-12,15-20H2. The van der Waals surface area contributed by atoms with Gasteiger partial charge in [0.1, 0.15) is 13.2 Å². The monoisotopic (exact) mass is 516 g/mol. The van der Waals surface area contributed by atoms with Gasteiger partial charge in [0.25, 0.3) is 0 Å². The average Bonchev–Trinajstić information content (AvgIpc) is 2.88. The van der Waals surface area contributed by atoms with Crippen molar-refractivity contribution in [2.24, 2.45) is 35.5 Å². The van der Waals surface area contributed by atoms with Crippen LogP contribution in [0.4, 0.5) is 0 Å². The Hall–Kier alpha value is -1.78. The van der Waals surface area contributed by atoms with Gasteiger partial charge in [-0.2, -0.15) is 0 Å². The Morgan fingerprint density at radius 3 is 1.63 bits per heavy atom.